The molecule has 0 saturated heterocycles. The monoisotopic (exact) mass is 266 g/mol. The number of alkyl halides is 3. The van der Waals surface area contributed by atoms with Gasteiger partial charge >= 0.3 is 12.3 Å². The lowest BCUT2D eigenvalue weighted by molar-refractivity contribution is -0.144. The Labute approximate surface area is 101 Å². The summed E-state index contributed by atoms with van der Waals surface area (Å²) in [6.07, 6.45) is -2.02. The molecule has 2 N–H and O–H groups in total. The van der Waals surface area contributed by atoms with Crippen LogP contribution >= 0.6 is 11.3 Å². The molecule has 0 radical (unpaired) electrons. The molecule has 0 saturated carbocycles. The highest BCUT2D eigenvalue weighted by Crippen LogP contribution is 2.25. The standard InChI is InChI=1S/C10H13F3N2OS/c1-2-3-4-7-5-6-17-8(7)14-9(16)15-10(11,12)13/h5-6H,2-4H2,1H3,(H2,14,15,16). The summed E-state index contributed by atoms with van der Waals surface area (Å²) in [5.41, 5.74) is 0.870. The average Bonchev–Trinajstić information content (AvgIpc) is 2.59. The smallest absolute Gasteiger partial charge is 0.299 e. The predicted molar refractivity (Wildman–Crippen MR) is 61.1 cm³/mol. The second kappa shape index (κ2) is 5.90. The first kappa shape index (κ1) is 13.8. The van der Waals surface area contributed by atoms with Gasteiger partial charge in [0.15, 0.2) is 0 Å². The summed E-state index contributed by atoms with van der Waals surface area (Å²) in [6.45, 7) is 2.02. The van der Waals surface area contributed by atoms with Gasteiger partial charge < -0.3 is 0 Å². The third-order valence-corrected chi connectivity index (χ3v) is 2.90. The van der Waals surface area contributed by atoms with E-state index in [1.54, 1.807) is 5.38 Å². The van der Waals surface area contributed by atoms with Gasteiger partial charge in [-0.05, 0) is 29.9 Å². The number of thiophene rings is 1. The second-order valence-corrected chi connectivity index (χ2v) is 4.37. The molecule has 0 unspecified atom stereocenters. The average molecular weight is 266 g/mol. The minimum Gasteiger partial charge on any atom is -0.299 e. The fourth-order valence-electron chi connectivity index (χ4n) is 1.27. The zero-order valence-corrected chi connectivity index (χ0v) is 10.0. The van der Waals surface area contributed by atoms with E-state index in [2.05, 4.69) is 5.32 Å². The number of rotatable bonds is 4. The van der Waals surface area contributed by atoms with Crippen LogP contribution in [0.3, 0.4) is 0 Å². The first-order valence-electron chi connectivity index (χ1n) is 5.14. The SMILES string of the molecule is CCCCc1ccsc1NC(=O)NC(F)(F)F. The Bertz CT molecular complexity index is 376. The minimum absolute atomic E-state index is 0.472. The van der Waals surface area contributed by atoms with E-state index in [1.165, 1.54) is 11.3 Å². The zero-order chi connectivity index (χ0) is 12.9. The van der Waals surface area contributed by atoms with Crippen molar-refractivity contribution in [1.29, 1.82) is 0 Å². The van der Waals surface area contributed by atoms with E-state index in [1.807, 2.05) is 13.0 Å². The first-order chi connectivity index (χ1) is 7.92. The molecule has 1 aromatic heterocycles. The highest BCUT2D eigenvalue weighted by atomic mass is 32.1. The highest BCUT2D eigenvalue weighted by Gasteiger charge is 2.30. The zero-order valence-electron chi connectivity index (χ0n) is 9.23. The van der Waals surface area contributed by atoms with Gasteiger partial charge in [-0.15, -0.1) is 11.3 Å². The highest BCUT2D eigenvalue weighted by molar-refractivity contribution is 7.14. The Hall–Kier alpha value is -1.24. The van der Waals surface area contributed by atoms with Gasteiger partial charge in [0.1, 0.15) is 0 Å². The normalized spacial score (nSPS) is 11.3. The van der Waals surface area contributed by atoms with Gasteiger partial charge in [0.2, 0.25) is 0 Å². The molecule has 0 aromatic carbocycles. The Morgan fingerprint density at radius 2 is 2.18 bits per heavy atom. The first-order valence-corrected chi connectivity index (χ1v) is 6.02. The number of unbranched alkanes of at least 4 members (excludes halogenated alkanes) is 1. The van der Waals surface area contributed by atoms with Gasteiger partial charge in [0.05, 0.1) is 5.00 Å². The molecule has 7 heteroatoms. The fraction of sp³-hybridized carbons (Fsp3) is 0.500. The van der Waals surface area contributed by atoms with Crippen molar-refractivity contribution in [2.24, 2.45) is 0 Å². The number of amides is 2. The molecule has 0 bridgehead atoms. The molecule has 0 aliphatic carbocycles. The van der Waals surface area contributed by atoms with Crippen LogP contribution in [0, 0.1) is 0 Å². The molecule has 17 heavy (non-hydrogen) atoms. The van der Waals surface area contributed by atoms with E-state index in [0.717, 1.165) is 30.1 Å². The Morgan fingerprint density at radius 1 is 1.47 bits per heavy atom. The molecule has 2 amide bonds. The topological polar surface area (TPSA) is 41.1 Å². The maximum Gasteiger partial charge on any atom is 0.485 e. The van der Waals surface area contributed by atoms with Crippen LogP contribution in [0.15, 0.2) is 11.4 Å². The number of hydrogen-bond acceptors (Lipinski definition) is 2. The molecule has 3 nitrogen and oxygen atoms in total. The van der Waals surface area contributed by atoms with Gasteiger partial charge in [0.25, 0.3) is 0 Å². The molecule has 0 spiro atoms. The maximum absolute atomic E-state index is 11.9. The lowest BCUT2D eigenvalue weighted by Gasteiger charge is -2.10. The van der Waals surface area contributed by atoms with Crippen LogP contribution in [-0.2, 0) is 6.42 Å². The number of urea groups is 1. The molecule has 1 aromatic rings. The number of halogens is 3. The predicted octanol–water partition coefficient (Wildman–Crippen LogP) is 3.73. The van der Waals surface area contributed by atoms with Gasteiger partial charge in [-0.3, -0.25) is 5.32 Å². The van der Waals surface area contributed by atoms with Crippen molar-refractivity contribution < 1.29 is 18.0 Å². The van der Waals surface area contributed by atoms with Crippen LogP contribution < -0.4 is 10.6 Å². The van der Waals surface area contributed by atoms with Crippen molar-refractivity contribution in [3.63, 3.8) is 0 Å². The number of nitrogens with one attached hydrogen (secondary N) is 2. The van der Waals surface area contributed by atoms with Crippen LogP contribution in [0.25, 0.3) is 0 Å². The second-order valence-electron chi connectivity index (χ2n) is 3.46. The van der Waals surface area contributed by atoms with Gasteiger partial charge in [0, 0.05) is 0 Å². The van der Waals surface area contributed by atoms with Gasteiger partial charge in [-0.2, -0.15) is 13.2 Å². The minimum atomic E-state index is -4.70. The van der Waals surface area contributed by atoms with E-state index in [-0.39, 0.29) is 0 Å². The quantitative estimate of drug-likeness (QED) is 0.801. The molecule has 0 aliphatic heterocycles. The number of carbonyl (C=O) groups excluding carboxylic acids is 1. The van der Waals surface area contributed by atoms with Crippen molar-refractivity contribution in [3.8, 4) is 0 Å². The summed E-state index contributed by atoms with van der Waals surface area (Å²) in [4.78, 5) is 11.0. The molecule has 0 atom stereocenters. The van der Waals surface area contributed by atoms with Crippen LogP contribution in [0.1, 0.15) is 25.3 Å². The molecule has 1 rings (SSSR count). The van der Waals surface area contributed by atoms with Crippen LogP contribution in [0.4, 0.5) is 23.0 Å². The molecule has 0 fully saturated rings. The molecule has 1 heterocycles. The van der Waals surface area contributed by atoms with E-state index < -0.39 is 12.3 Å². The largest absolute Gasteiger partial charge is 0.485 e. The summed E-state index contributed by atoms with van der Waals surface area (Å²) in [5, 5.41) is 5.32. The Balaban J connectivity index is 2.56. The number of carbonyl (C=O) groups is 1. The van der Waals surface area contributed by atoms with Crippen molar-refractivity contribution in [1.82, 2.24) is 5.32 Å². The number of anilines is 1. The molecule has 0 aliphatic rings. The molecular formula is C10H13F3N2OS. The molecule has 96 valence electrons. The Kier molecular flexibility index (Phi) is 4.80. The van der Waals surface area contributed by atoms with Crippen molar-refractivity contribution in [2.45, 2.75) is 32.5 Å². The van der Waals surface area contributed by atoms with Crippen molar-refractivity contribution in [2.75, 3.05) is 5.32 Å². The lowest BCUT2D eigenvalue weighted by atomic mass is 10.1. The number of hydrogen-bond donors (Lipinski definition) is 2. The van der Waals surface area contributed by atoms with Gasteiger partial charge in [-0.1, -0.05) is 13.3 Å². The third kappa shape index (κ3) is 5.08. The van der Waals surface area contributed by atoms with Crippen LogP contribution in [0.5, 0.6) is 0 Å². The van der Waals surface area contributed by atoms with E-state index in [9.17, 15) is 18.0 Å². The third-order valence-electron chi connectivity index (χ3n) is 2.03. The molecular weight excluding hydrogens is 253 g/mol. The maximum atomic E-state index is 11.9. The van der Waals surface area contributed by atoms with Crippen molar-refractivity contribution in [3.05, 3.63) is 17.0 Å². The van der Waals surface area contributed by atoms with E-state index >= 15 is 0 Å². The Morgan fingerprint density at radius 3 is 2.76 bits per heavy atom. The van der Waals surface area contributed by atoms with Gasteiger partial charge in [-0.25, -0.2) is 10.1 Å². The van der Waals surface area contributed by atoms with Crippen LogP contribution in [-0.4, -0.2) is 12.3 Å². The summed E-state index contributed by atoms with van der Waals surface area (Å²) in [5.74, 6) is 0. The van der Waals surface area contributed by atoms with E-state index in [4.69, 9.17) is 0 Å². The summed E-state index contributed by atoms with van der Waals surface area (Å²) >= 11 is 1.22. The summed E-state index contributed by atoms with van der Waals surface area (Å²) in [6, 6.07) is 0.557. The fourth-order valence-corrected chi connectivity index (χ4v) is 2.11. The lowest BCUT2D eigenvalue weighted by Crippen LogP contribution is -2.40. The number of aryl methyl sites for hydroxylation is 1. The summed E-state index contributed by atoms with van der Waals surface area (Å²) in [7, 11) is 0. The summed E-state index contributed by atoms with van der Waals surface area (Å²) < 4.78 is 35.6. The van der Waals surface area contributed by atoms with E-state index in [0.29, 0.717) is 5.00 Å². The van der Waals surface area contributed by atoms with Crippen molar-refractivity contribution >= 4 is 22.4 Å². The van der Waals surface area contributed by atoms with Crippen LogP contribution in [0.2, 0.25) is 0 Å².